The van der Waals surface area contributed by atoms with Crippen LogP contribution >= 0.6 is 0 Å². The second-order valence-corrected chi connectivity index (χ2v) is 8.37. The molecular weight excluding hydrogens is 312 g/mol. The van der Waals surface area contributed by atoms with Crippen LogP contribution in [0.5, 0.6) is 0 Å². The molecule has 1 aliphatic heterocycles. The highest BCUT2D eigenvalue weighted by Crippen LogP contribution is 2.24. The molecule has 0 bridgehead atoms. The summed E-state index contributed by atoms with van der Waals surface area (Å²) in [6.07, 6.45) is 1.07. The molecule has 2 fully saturated rings. The Morgan fingerprint density at radius 1 is 1.41 bits per heavy atom. The van der Waals surface area contributed by atoms with Crippen LogP contribution in [0.2, 0.25) is 0 Å². The molecular formula is C14H22O7S. The minimum atomic E-state index is -3.42. The molecule has 0 N–H and O–H groups in total. The molecule has 2 unspecified atom stereocenters. The lowest BCUT2D eigenvalue weighted by atomic mass is 10.1. The normalized spacial score (nSPS) is 28.0. The second-order valence-electron chi connectivity index (χ2n) is 6.14. The van der Waals surface area contributed by atoms with Gasteiger partial charge in [-0.1, -0.05) is 0 Å². The van der Waals surface area contributed by atoms with Crippen molar-refractivity contribution in [2.45, 2.75) is 45.0 Å². The molecule has 0 aromatic rings. The Bertz CT molecular complexity index is 537. The maximum atomic E-state index is 12.0. The Kier molecular flexibility index (Phi) is 5.24. The molecule has 1 heterocycles. The minimum absolute atomic E-state index is 0.119. The number of esters is 1. The quantitative estimate of drug-likeness (QED) is 0.514. The molecule has 1 saturated carbocycles. The Morgan fingerprint density at radius 2 is 2.14 bits per heavy atom. The molecule has 0 radical (unpaired) electrons. The van der Waals surface area contributed by atoms with E-state index < -0.39 is 33.6 Å². The number of rotatable bonds is 6. The Morgan fingerprint density at radius 3 is 2.68 bits per heavy atom. The standard InChI is InChI=1S/C14H22O7S/c1-14(2)20-8-10(21-14)9-22(17,18)7-6-19-13(16)11-4-3-5-12(11)15/h10-11H,3-9H2,1-2H3. The van der Waals surface area contributed by atoms with Crippen LogP contribution in [0.3, 0.4) is 0 Å². The Balaban J connectivity index is 1.73. The number of ether oxygens (including phenoxy) is 3. The zero-order valence-corrected chi connectivity index (χ0v) is 13.7. The summed E-state index contributed by atoms with van der Waals surface area (Å²) in [6.45, 7) is 3.44. The van der Waals surface area contributed by atoms with Crippen LogP contribution in [0.15, 0.2) is 0 Å². The molecule has 0 amide bonds. The summed E-state index contributed by atoms with van der Waals surface area (Å²) in [6, 6.07) is 0. The molecule has 2 aliphatic rings. The van der Waals surface area contributed by atoms with Gasteiger partial charge >= 0.3 is 5.97 Å². The Hall–Kier alpha value is -0.990. The monoisotopic (exact) mass is 334 g/mol. The summed E-state index contributed by atoms with van der Waals surface area (Å²) in [5.41, 5.74) is 0. The van der Waals surface area contributed by atoms with Gasteiger partial charge < -0.3 is 14.2 Å². The molecule has 2 rings (SSSR count). The fourth-order valence-corrected chi connectivity index (χ4v) is 3.88. The van der Waals surface area contributed by atoms with Gasteiger partial charge in [0.2, 0.25) is 0 Å². The van der Waals surface area contributed by atoms with Gasteiger partial charge in [0.1, 0.15) is 18.3 Å². The maximum absolute atomic E-state index is 12.0. The lowest BCUT2D eigenvalue weighted by Gasteiger charge is -2.17. The van der Waals surface area contributed by atoms with Crippen molar-refractivity contribution in [1.82, 2.24) is 0 Å². The summed E-state index contributed by atoms with van der Waals surface area (Å²) >= 11 is 0. The van der Waals surface area contributed by atoms with Crippen LogP contribution in [-0.4, -0.2) is 56.8 Å². The van der Waals surface area contributed by atoms with E-state index in [1.165, 1.54) is 0 Å². The smallest absolute Gasteiger partial charge is 0.316 e. The highest BCUT2D eigenvalue weighted by Gasteiger charge is 2.36. The SMILES string of the molecule is CC1(C)OCC(CS(=O)(=O)CCOC(=O)C2CCCC2=O)O1. The highest BCUT2D eigenvalue weighted by molar-refractivity contribution is 7.91. The molecule has 22 heavy (non-hydrogen) atoms. The number of carbonyl (C=O) groups is 2. The fourth-order valence-electron chi connectivity index (χ4n) is 2.65. The molecule has 0 spiro atoms. The van der Waals surface area contributed by atoms with E-state index in [-0.39, 0.29) is 30.5 Å². The largest absolute Gasteiger partial charge is 0.464 e. The molecule has 0 aromatic carbocycles. The van der Waals surface area contributed by atoms with Crippen molar-refractivity contribution >= 4 is 21.6 Å². The lowest BCUT2D eigenvalue weighted by molar-refractivity contribution is -0.150. The minimum Gasteiger partial charge on any atom is -0.464 e. The van der Waals surface area contributed by atoms with Crippen molar-refractivity contribution in [3.8, 4) is 0 Å². The van der Waals surface area contributed by atoms with Gasteiger partial charge in [-0.15, -0.1) is 0 Å². The number of hydrogen-bond donors (Lipinski definition) is 0. The zero-order valence-electron chi connectivity index (χ0n) is 12.9. The van der Waals surface area contributed by atoms with E-state index in [0.717, 1.165) is 0 Å². The van der Waals surface area contributed by atoms with Crippen molar-refractivity contribution < 1.29 is 32.2 Å². The number of Topliss-reactive ketones (excluding diaryl/α,β-unsaturated/α-hetero) is 1. The predicted molar refractivity (Wildman–Crippen MR) is 76.9 cm³/mol. The van der Waals surface area contributed by atoms with Crippen LogP contribution in [0.4, 0.5) is 0 Å². The van der Waals surface area contributed by atoms with Gasteiger partial charge in [0.05, 0.1) is 24.2 Å². The van der Waals surface area contributed by atoms with E-state index >= 15 is 0 Å². The van der Waals surface area contributed by atoms with Gasteiger partial charge in [0.15, 0.2) is 15.6 Å². The molecule has 126 valence electrons. The van der Waals surface area contributed by atoms with Crippen LogP contribution < -0.4 is 0 Å². The number of ketones is 1. The third-order valence-electron chi connectivity index (χ3n) is 3.73. The fraction of sp³-hybridized carbons (Fsp3) is 0.857. The first-order chi connectivity index (χ1) is 10.2. The molecule has 0 aromatic heterocycles. The molecule has 7 nitrogen and oxygen atoms in total. The maximum Gasteiger partial charge on any atom is 0.316 e. The molecule has 1 saturated heterocycles. The topological polar surface area (TPSA) is 96.0 Å². The van der Waals surface area contributed by atoms with E-state index in [4.69, 9.17) is 14.2 Å². The molecule has 8 heteroatoms. The molecule has 1 aliphatic carbocycles. The van der Waals surface area contributed by atoms with E-state index in [0.29, 0.717) is 19.3 Å². The van der Waals surface area contributed by atoms with E-state index in [9.17, 15) is 18.0 Å². The van der Waals surface area contributed by atoms with Gasteiger partial charge in [0, 0.05) is 6.42 Å². The third-order valence-corrected chi connectivity index (χ3v) is 5.40. The van der Waals surface area contributed by atoms with E-state index in [1.807, 2.05) is 0 Å². The summed E-state index contributed by atoms with van der Waals surface area (Å²) in [5.74, 6) is -2.66. The number of sulfone groups is 1. The van der Waals surface area contributed by atoms with Crippen LogP contribution in [0, 0.1) is 5.92 Å². The second kappa shape index (κ2) is 6.64. The average Bonchev–Trinajstić information content (AvgIpc) is 2.94. The van der Waals surface area contributed by atoms with Gasteiger partial charge in [0.25, 0.3) is 0 Å². The van der Waals surface area contributed by atoms with Crippen LogP contribution in [0.25, 0.3) is 0 Å². The summed E-state index contributed by atoms with van der Waals surface area (Å²) in [5, 5.41) is 0. The van der Waals surface area contributed by atoms with Crippen molar-refractivity contribution in [3.05, 3.63) is 0 Å². The third kappa shape index (κ3) is 4.76. The Labute approximate surface area is 130 Å². The van der Waals surface area contributed by atoms with Crippen LogP contribution in [0.1, 0.15) is 33.1 Å². The lowest BCUT2D eigenvalue weighted by Crippen LogP contribution is -2.30. The van der Waals surface area contributed by atoms with Gasteiger partial charge in [-0.2, -0.15) is 0 Å². The summed E-state index contributed by atoms with van der Waals surface area (Å²) < 4.78 is 39.6. The zero-order chi connectivity index (χ0) is 16.4. The van der Waals surface area contributed by atoms with Crippen molar-refractivity contribution in [1.29, 1.82) is 0 Å². The first-order valence-corrected chi connectivity index (χ1v) is 9.22. The summed E-state index contributed by atoms with van der Waals surface area (Å²) in [4.78, 5) is 23.1. The van der Waals surface area contributed by atoms with Crippen LogP contribution in [-0.2, 0) is 33.6 Å². The predicted octanol–water partition coefficient (Wildman–Crippen LogP) is 0.465. The average molecular weight is 334 g/mol. The highest BCUT2D eigenvalue weighted by atomic mass is 32.2. The van der Waals surface area contributed by atoms with E-state index in [1.54, 1.807) is 13.8 Å². The van der Waals surface area contributed by atoms with Gasteiger partial charge in [-0.25, -0.2) is 8.42 Å². The van der Waals surface area contributed by atoms with Gasteiger partial charge in [-0.05, 0) is 26.7 Å². The van der Waals surface area contributed by atoms with Gasteiger partial charge in [-0.3, -0.25) is 9.59 Å². The van der Waals surface area contributed by atoms with Crippen molar-refractivity contribution in [2.75, 3.05) is 24.7 Å². The number of hydrogen-bond acceptors (Lipinski definition) is 7. The first kappa shape index (κ1) is 17.4. The van der Waals surface area contributed by atoms with Crippen molar-refractivity contribution in [2.24, 2.45) is 5.92 Å². The van der Waals surface area contributed by atoms with E-state index in [2.05, 4.69) is 0 Å². The molecule has 2 atom stereocenters. The number of carbonyl (C=O) groups excluding carboxylic acids is 2. The van der Waals surface area contributed by atoms with Crippen molar-refractivity contribution in [3.63, 3.8) is 0 Å². The summed E-state index contributed by atoms with van der Waals surface area (Å²) in [7, 11) is -3.42. The first-order valence-electron chi connectivity index (χ1n) is 7.40.